The van der Waals surface area contributed by atoms with Crippen molar-refractivity contribution in [2.24, 2.45) is 0 Å². The van der Waals surface area contributed by atoms with E-state index in [1.807, 2.05) is 29.7 Å². The average molecular weight is 298 g/mol. The lowest BCUT2D eigenvalue weighted by molar-refractivity contribution is 0.594. The van der Waals surface area contributed by atoms with E-state index in [0.29, 0.717) is 5.95 Å². The lowest BCUT2D eigenvalue weighted by Crippen LogP contribution is -2.20. The van der Waals surface area contributed by atoms with E-state index in [-0.39, 0.29) is 11.9 Å². The predicted octanol–water partition coefficient (Wildman–Crippen LogP) is 3.53. The lowest BCUT2D eigenvalue weighted by atomic mass is 10.0. The number of anilines is 1. The van der Waals surface area contributed by atoms with E-state index in [2.05, 4.69) is 15.4 Å². The zero-order chi connectivity index (χ0) is 14.2. The maximum atomic E-state index is 13.5. The second-order valence-electron chi connectivity index (χ2n) is 4.71. The maximum absolute atomic E-state index is 13.5. The first-order valence-corrected chi connectivity index (χ1v) is 7.37. The van der Waals surface area contributed by atoms with Gasteiger partial charge in [-0.25, -0.2) is 9.07 Å². The molecule has 1 aromatic carbocycles. The molecule has 1 aliphatic heterocycles. The summed E-state index contributed by atoms with van der Waals surface area (Å²) in [6, 6.07) is 10.4. The van der Waals surface area contributed by atoms with Gasteiger partial charge in [0.25, 0.3) is 0 Å². The minimum Gasteiger partial charge on any atom is -0.323 e. The van der Waals surface area contributed by atoms with Crippen molar-refractivity contribution in [2.75, 3.05) is 5.32 Å². The molecule has 0 saturated carbocycles. The summed E-state index contributed by atoms with van der Waals surface area (Å²) in [6.45, 7) is 0. The van der Waals surface area contributed by atoms with Gasteiger partial charge in [-0.3, -0.25) is 0 Å². The molecule has 0 saturated heterocycles. The topological polar surface area (TPSA) is 42.7 Å². The predicted molar refractivity (Wildman–Crippen MR) is 80.5 cm³/mol. The number of nitrogens with one attached hydrogen (secondary N) is 1. The first kappa shape index (κ1) is 12.3. The molecule has 1 unspecified atom stereocenters. The molecule has 0 radical (unpaired) electrons. The minimum atomic E-state index is -0.251. The lowest BCUT2D eigenvalue weighted by Gasteiger charge is -2.23. The van der Waals surface area contributed by atoms with Crippen LogP contribution in [0.15, 0.2) is 54.2 Å². The van der Waals surface area contributed by atoms with E-state index < -0.39 is 0 Å². The SMILES string of the molecule is Fc1cccc(C2C=C(c3cccs3)Nc3ncnn32)c1. The Bertz CT molecular complexity index is 807. The number of halogens is 1. The van der Waals surface area contributed by atoms with Crippen molar-refractivity contribution in [1.82, 2.24) is 14.8 Å². The largest absolute Gasteiger partial charge is 0.323 e. The van der Waals surface area contributed by atoms with E-state index >= 15 is 0 Å². The van der Waals surface area contributed by atoms with Crippen LogP contribution in [0.2, 0.25) is 0 Å². The summed E-state index contributed by atoms with van der Waals surface area (Å²) >= 11 is 1.64. The molecule has 3 heterocycles. The zero-order valence-electron chi connectivity index (χ0n) is 10.9. The fourth-order valence-electron chi connectivity index (χ4n) is 2.44. The third-order valence-electron chi connectivity index (χ3n) is 3.38. The van der Waals surface area contributed by atoms with Crippen LogP contribution in [0.3, 0.4) is 0 Å². The molecule has 21 heavy (non-hydrogen) atoms. The molecule has 0 amide bonds. The van der Waals surface area contributed by atoms with Crippen molar-refractivity contribution >= 4 is 23.0 Å². The summed E-state index contributed by atoms with van der Waals surface area (Å²) in [5.74, 6) is 0.411. The molecule has 1 N–H and O–H groups in total. The summed E-state index contributed by atoms with van der Waals surface area (Å²) in [6.07, 6.45) is 3.54. The Kier molecular flexibility index (Phi) is 2.82. The van der Waals surface area contributed by atoms with Gasteiger partial charge in [-0.05, 0) is 35.2 Å². The van der Waals surface area contributed by atoms with Crippen LogP contribution >= 0.6 is 11.3 Å². The molecular formula is C15H11FN4S. The number of nitrogens with zero attached hydrogens (tertiary/aromatic N) is 3. The first-order chi connectivity index (χ1) is 10.3. The van der Waals surface area contributed by atoms with Gasteiger partial charge in [-0.2, -0.15) is 10.1 Å². The van der Waals surface area contributed by atoms with Crippen molar-refractivity contribution in [1.29, 1.82) is 0 Å². The highest BCUT2D eigenvalue weighted by Gasteiger charge is 2.23. The van der Waals surface area contributed by atoms with Crippen LogP contribution in [-0.2, 0) is 0 Å². The van der Waals surface area contributed by atoms with Crippen LogP contribution in [0.5, 0.6) is 0 Å². The summed E-state index contributed by atoms with van der Waals surface area (Å²) in [5, 5.41) is 9.52. The smallest absolute Gasteiger partial charge is 0.226 e. The van der Waals surface area contributed by atoms with E-state index in [1.54, 1.807) is 22.1 Å². The van der Waals surface area contributed by atoms with Gasteiger partial charge in [-0.15, -0.1) is 11.3 Å². The molecule has 6 heteroatoms. The summed E-state index contributed by atoms with van der Waals surface area (Å²) in [4.78, 5) is 5.34. The van der Waals surface area contributed by atoms with Crippen molar-refractivity contribution in [3.63, 3.8) is 0 Å². The quantitative estimate of drug-likeness (QED) is 0.787. The van der Waals surface area contributed by atoms with Crippen molar-refractivity contribution < 1.29 is 4.39 Å². The monoisotopic (exact) mass is 298 g/mol. The molecule has 0 aliphatic carbocycles. The second kappa shape index (κ2) is 4.82. The normalized spacial score (nSPS) is 17.0. The van der Waals surface area contributed by atoms with E-state index in [9.17, 15) is 4.39 Å². The Hall–Kier alpha value is -2.47. The van der Waals surface area contributed by atoms with Gasteiger partial charge in [0.1, 0.15) is 18.2 Å². The third kappa shape index (κ3) is 2.13. The first-order valence-electron chi connectivity index (χ1n) is 6.49. The molecule has 0 fully saturated rings. The molecule has 1 atom stereocenters. The Labute approximate surface area is 124 Å². The summed E-state index contributed by atoms with van der Waals surface area (Å²) in [5.41, 5.74) is 1.82. The fraction of sp³-hybridized carbons (Fsp3) is 0.0667. The van der Waals surface area contributed by atoms with Gasteiger partial charge in [0.05, 0.1) is 10.6 Å². The number of allylic oxidation sites excluding steroid dienone is 1. The average Bonchev–Trinajstić information content (AvgIpc) is 3.17. The molecule has 1 aliphatic rings. The standard InChI is InChI=1S/C15H11FN4S/c16-11-4-1-3-10(7-11)13-8-12(14-5-2-6-21-14)19-15-17-9-18-20(13)15/h1-9,13H,(H,17,18,19). The Morgan fingerprint density at radius 1 is 1.24 bits per heavy atom. The number of fused-ring (bicyclic) bond motifs is 1. The van der Waals surface area contributed by atoms with Gasteiger partial charge in [0.2, 0.25) is 5.95 Å². The molecule has 3 aromatic rings. The highest BCUT2D eigenvalue weighted by molar-refractivity contribution is 7.11. The van der Waals surface area contributed by atoms with Gasteiger partial charge >= 0.3 is 0 Å². The van der Waals surface area contributed by atoms with Gasteiger partial charge in [-0.1, -0.05) is 18.2 Å². The highest BCUT2D eigenvalue weighted by atomic mass is 32.1. The minimum absolute atomic E-state index is 0.170. The maximum Gasteiger partial charge on any atom is 0.226 e. The van der Waals surface area contributed by atoms with Crippen LogP contribution in [0.1, 0.15) is 16.5 Å². The highest BCUT2D eigenvalue weighted by Crippen LogP contribution is 2.33. The molecule has 4 nitrogen and oxygen atoms in total. The van der Waals surface area contributed by atoms with Gasteiger partial charge in [0, 0.05) is 0 Å². The Morgan fingerprint density at radius 2 is 2.19 bits per heavy atom. The zero-order valence-corrected chi connectivity index (χ0v) is 11.7. The number of hydrogen-bond acceptors (Lipinski definition) is 4. The van der Waals surface area contributed by atoms with Crippen molar-refractivity contribution in [2.45, 2.75) is 6.04 Å². The Morgan fingerprint density at radius 3 is 3.00 bits per heavy atom. The number of benzene rings is 1. The number of rotatable bonds is 2. The second-order valence-corrected chi connectivity index (χ2v) is 5.66. The third-order valence-corrected chi connectivity index (χ3v) is 4.29. The number of aromatic nitrogens is 3. The Balaban J connectivity index is 1.84. The van der Waals surface area contributed by atoms with Crippen molar-refractivity contribution in [3.05, 3.63) is 70.4 Å². The molecule has 0 spiro atoms. The van der Waals surface area contributed by atoms with E-state index in [4.69, 9.17) is 0 Å². The van der Waals surface area contributed by atoms with E-state index in [1.165, 1.54) is 18.5 Å². The van der Waals surface area contributed by atoms with Crippen LogP contribution in [0, 0.1) is 5.82 Å². The molecule has 4 rings (SSSR count). The van der Waals surface area contributed by atoms with Crippen LogP contribution in [0.25, 0.3) is 5.70 Å². The summed E-state index contributed by atoms with van der Waals surface area (Å²) < 4.78 is 15.3. The number of hydrogen-bond donors (Lipinski definition) is 1. The van der Waals surface area contributed by atoms with Crippen LogP contribution in [-0.4, -0.2) is 14.8 Å². The van der Waals surface area contributed by atoms with Crippen molar-refractivity contribution in [3.8, 4) is 0 Å². The van der Waals surface area contributed by atoms with Crippen LogP contribution < -0.4 is 5.32 Å². The fourth-order valence-corrected chi connectivity index (χ4v) is 3.14. The van der Waals surface area contributed by atoms with Gasteiger partial charge in [0.15, 0.2) is 0 Å². The molecule has 2 aromatic heterocycles. The molecular weight excluding hydrogens is 287 g/mol. The molecule has 0 bridgehead atoms. The molecule has 104 valence electrons. The van der Waals surface area contributed by atoms with Crippen LogP contribution in [0.4, 0.5) is 10.3 Å². The summed E-state index contributed by atoms with van der Waals surface area (Å²) in [7, 11) is 0. The van der Waals surface area contributed by atoms with Gasteiger partial charge < -0.3 is 5.32 Å². The van der Waals surface area contributed by atoms with E-state index in [0.717, 1.165) is 16.1 Å². The number of thiophene rings is 1.